The molecule has 1 atom stereocenters. The van der Waals surface area contributed by atoms with Crippen LogP contribution in [0.2, 0.25) is 0 Å². The molecule has 1 N–H and O–H groups in total. The zero-order valence-electron chi connectivity index (χ0n) is 23.3. The van der Waals surface area contributed by atoms with Gasteiger partial charge in [-0.05, 0) is 69.4 Å². The van der Waals surface area contributed by atoms with Crippen LogP contribution in [0.1, 0.15) is 76.1 Å². The van der Waals surface area contributed by atoms with Gasteiger partial charge in [0.2, 0.25) is 0 Å². The van der Waals surface area contributed by atoms with Crippen molar-refractivity contribution in [2.24, 2.45) is 0 Å². The molecule has 0 bridgehead atoms. The summed E-state index contributed by atoms with van der Waals surface area (Å²) in [6, 6.07) is 7.74. The number of carbonyl (C=O) groups excluding carboxylic acids is 1. The summed E-state index contributed by atoms with van der Waals surface area (Å²) in [6.07, 6.45) is 3.01. The number of aliphatic hydroxyl groups is 1. The van der Waals surface area contributed by atoms with Gasteiger partial charge in [-0.25, -0.2) is 9.78 Å². The van der Waals surface area contributed by atoms with Gasteiger partial charge < -0.3 is 19.1 Å². The molecule has 0 saturated carbocycles. The minimum atomic E-state index is -1.83. The summed E-state index contributed by atoms with van der Waals surface area (Å²) in [7, 11) is 3.84. The molecule has 5 rings (SSSR count). The van der Waals surface area contributed by atoms with E-state index in [4.69, 9.17) is 14.5 Å². The van der Waals surface area contributed by atoms with E-state index in [0.29, 0.717) is 34.7 Å². The fraction of sp³-hybridized carbons (Fsp3) is 0.500. The topological polar surface area (TPSA) is 90.6 Å². The SMILES string of the molecule is CCc1c2c(nc3ccc(OCCCSSC(C)(C)CC)cc13)-c1cc3c(c(=O)n1C2)COC(=O)[C@]3(O)CC. The third-order valence-corrected chi connectivity index (χ3v) is 11.4. The van der Waals surface area contributed by atoms with E-state index in [1.165, 1.54) is 0 Å². The number of hydrogen-bond donors (Lipinski definition) is 1. The number of cyclic esters (lactones) is 1. The number of fused-ring (bicyclic) bond motifs is 5. The lowest BCUT2D eigenvalue weighted by molar-refractivity contribution is -0.172. The van der Waals surface area contributed by atoms with Gasteiger partial charge >= 0.3 is 5.97 Å². The van der Waals surface area contributed by atoms with Crippen LogP contribution >= 0.6 is 21.6 Å². The van der Waals surface area contributed by atoms with E-state index in [-0.39, 0.29) is 18.6 Å². The summed E-state index contributed by atoms with van der Waals surface area (Å²) in [4.78, 5) is 30.9. The Bertz CT molecular complexity index is 1500. The highest BCUT2D eigenvalue weighted by Crippen LogP contribution is 2.41. The minimum absolute atomic E-state index is 0.122. The molecule has 9 heteroatoms. The number of aromatic nitrogens is 2. The molecular formula is C30H36N2O5S2. The van der Waals surface area contributed by atoms with Crippen LogP contribution in [0.25, 0.3) is 22.3 Å². The van der Waals surface area contributed by atoms with Crippen molar-refractivity contribution in [3.63, 3.8) is 0 Å². The fourth-order valence-corrected chi connectivity index (χ4v) is 7.87. The van der Waals surface area contributed by atoms with Crippen molar-refractivity contribution in [1.29, 1.82) is 0 Å². The molecule has 0 aliphatic carbocycles. The van der Waals surface area contributed by atoms with Crippen molar-refractivity contribution >= 4 is 38.5 Å². The predicted octanol–water partition coefficient (Wildman–Crippen LogP) is 5.98. The number of carbonyl (C=O) groups is 1. The lowest BCUT2D eigenvalue weighted by Gasteiger charge is -2.31. The quantitative estimate of drug-likeness (QED) is 0.142. The smallest absolute Gasteiger partial charge is 0.343 e. The van der Waals surface area contributed by atoms with Crippen LogP contribution < -0.4 is 10.3 Å². The van der Waals surface area contributed by atoms with Gasteiger partial charge in [-0.3, -0.25) is 4.79 Å². The van der Waals surface area contributed by atoms with Gasteiger partial charge in [-0.2, -0.15) is 0 Å². The number of esters is 1. The summed E-state index contributed by atoms with van der Waals surface area (Å²) in [6.45, 7) is 11.5. The normalized spacial score (nSPS) is 18.1. The number of hydrogen-bond acceptors (Lipinski definition) is 8. The molecule has 0 amide bonds. The van der Waals surface area contributed by atoms with Crippen molar-refractivity contribution in [2.45, 2.75) is 83.8 Å². The monoisotopic (exact) mass is 568 g/mol. The molecule has 0 saturated heterocycles. The van der Waals surface area contributed by atoms with E-state index >= 15 is 0 Å². The van der Waals surface area contributed by atoms with E-state index < -0.39 is 11.6 Å². The third-order valence-electron chi connectivity index (χ3n) is 7.91. The summed E-state index contributed by atoms with van der Waals surface area (Å²) in [5.41, 5.74) is 2.93. The standard InChI is InChI=1S/C30H36N2O5S2/c1-6-19-20-14-18(36-12-9-13-38-39-29(4,5)7-2)10-11-24(20)31-26-21(19)16-32-25(26)15-23-22(27(32)33)17-37-28(34)30(23,35)8-3/h10-11,14-15,35H,6-9,12-13,16-17H2,1-5H3/t30-/m0/s1. The zero-order valence-corrected chi connectivity index (χ0v) is 24.9. The average Bonchev–Trinajstić information content (AvgIpc) is 3.30. The Morgan fingerprint density at radius 1 is 1.18 bits per heavy atom. The highest BCUT2D eigenvalue weighted by Gasteiger charge is 2.45. The van der Waals surface area contributed by atoms with Gasteiger partial charge in [0.05, 0.1) is 35.6 Å². The summed E-state index contributed by atoms with van der Waals surface area (Å²) >= 11 is 0. The first-order valence-electron chi connectivity index (χ1n) is 13.7. The molecule has 2 aliphatic rings. The first kappa shape index (κ1) is 28.1. The molecule has 208 valence electrons. The maximum absolute atomic E-state index is 13.5. The van der Waals surface area contributed by atoms with Crippen LogP contribution in [0.15, 0.2) is 29.1 Å². The van der Waals surface area contributed by atoms with Crippen LogP contribution in [0.3, 0.4) is 0 Å². The van der Waals surface area contributed by atoms with Crippen molar-refractivity contribution in [1.82, 2.24) is 9.55 Å². The molecule has 0 unspecified atom stereocenters. The maximum atomic E-state index is 13.5. The van der Waals surface area contributed by atoms with Crippen molar-refractivity contribution < 1.29 is 19.4 Å². The van der Waals surface area contributed by atoms with Crippen LogP contribution in [0, 0.1) is 0 Å². The highest BCUT2D eigenvalue weighted by atomic mass is 33.1. The van der Waals surface area contributed by atoms with E-state index in [1.54, 1.807) is 17.6 Å². The second-order valence-corrected chi connectivity index (χ2v) is 13.9. The number of nitrogens with zero attached hydrogens (tertiary/aromatic N) is 2. The van der Waals surface area contributed by atoms with Gasteiger partial charge in [0.15, 0.2) is 5.60 Å². The third kappa shape index (κ3) is 4.98. The number of ether oxygens (including phenoxy) is 2. The van der Waals surface area contributed by atoms with E-state index in [0.717, 1.165) is 58.5 Å². The number of benzene rings is 1. The first-order valence-corrected chi connectivity index (χ1v) is 16.0. The molecule has 39 heavy (non-hydrogen) atoms. The van der Waals surface area contributed by atoms with E-state index in [2.05, 4.69) is 33.8 Å². The Morgan fingerprint density at radius 3 is 2.69 bits per heavy atom. The number of rotatable bonds is 10. The Labute approximate surface area is 237 Å². The van der Waals surface area contributed by atoms with Gasteiger partial charge in [-0.1, -0.05) is 42.4 Å². The van der Waals surface area contributed by atoms with Gasteiger partial charge in [-0.15, -0.1) is 0 Å². The minimum Gasteiger partial charge on any atom is -0.494 e. The Balaban J connectivity index is 1.43. The second-order valence-electron chi connectivity index (χ2n) is 10.8. The Morgan fingerprint density at radius 2 is 1.97 bits per heavy atom. The summed E-state index contributed by atoms with van der Waals surface area (Å²) in [5.74, 6) is 1.14. The molecule has 1 aromatic carbocycles. The Kier molecular flexibility index (Phi) is 7.79. The van der Waals surface area contributed by atoms with Crippen molar-refractivity contribution in [2.75, 3.05) is 12.4 Å². The molecule has 3 aromatic rings. The highest BCUT2D eigenvalue weighted by molar-refractivity contribution is 8.77. The van der Waals surface area contributed by atoms with Crippen LogP contribution in [-0.4, -0.2) is 37.7 Å². The molecule has 0 radical (unpaired) electrons. The fourth-order valence-electron chi connectivity index (χ4n) is 5.20. The molecule has 0 fully saturated rings. The predicted molar refractivity (Wildman–Crippen MR) is 158 cm³/mol. The van der Waals surface area contributed by atoms with Crippen LogP contribution in [0.4, 0.5) is 0 Å². The molecule has 7 nitrogen and oxygen atoms in total. The van der Waals surface area contributed by atoms with Crippen molar-refractivity contribution in [3.8, 4) is 17.1 Å². The maximum Gasteiger partial charge on any atom is 0.343 e. The van der Waals surface area contributed by atoms with Gasteiger partial charge in [0.25, 0.3) is 5.56 Å². The molecule has 2 aromatic heterocycles. The number of pyridine rings is 2. The molecule has 2 aliphatic heterocycles. The first-order chi connectivity index (χ1) is 18.6. The van der Waals surface area contributed by atoms with Gasteiger partial charge in [0, 0.05) is 27.0 Å². The van der Waals surface area contributed by atoms with Crippen molar-refractivity contribution in [3.05, 3.63) is 56.9 Å². The lowest BCUT2D eigenvalue weighted by Crippen LogP contribution is -2.44. The average molecular weight is 569 g/mol. The molecule has 4 heterocycles. The van der Waals surface area contributed by atoms with Gasteiger partial charge in [0.1, 0.15) is 12.4 Å². The largest absolute Gasteiger partial charge is 0.494 e. The molecular weight excluding hydrogens is 532 g/mol. The molecule has 0 spiro atoms. The van der Waals surface area contributed by atoms with E-state index in [1.807, 2.05) is 33.7 Å². The van der Waals surface area contributed by atoms with Crippen LogP contribution in [-0.2, 0) is 34.7 Å². The van der Waals surface area contributed by atoms with Crippen LogP contribution in [0.5, 0.6) is 5.75 Å². The Hall–Kier alpha value is -2.49. The second kappa shape index (κ2) is 10.8. The van der Waals surface area contributed by atoms with E-state index in [9.17, 15) is 14.7 Å². The lowest BCUT2D eigenvalue weighted by atomic mass is 9.86. The number of aryl methyl sites for hydroxylation is 1. The zero-order chi connectivity index (χ0) is 27.9. The summed E-state index contributed by atoms with van der Waals surface area (Å²) in [5, 5.41) is 12.1. The summed E-state index contributed by atoms with van der Waals surface area (Å²) < 4.78 is 13.3.